The van der Waals surface area contributed by atoms with Crippen LogP contribution in [-0.2, 0) is 6.61 Å². The smallest absolute Gasteiger partial charge is 0.282 e. The maximum atomic E-state index is 13.7. The van der Waals surface area contributed by atoms with Crippen LogP contribution < -0.4 is 15.0 Å². The van der Waals surface area contributed by atoms with E-state index in [1.165, 1.54) is 11.1 Å². The van der Waals surface area contributed by atoms with Gasteiger partial charge in [0.25, 0.3) is 5.56 Å². The lowest BCUT2D eigenvalue weighted by atomic mass is 9.88. The third kappa shape index (κ3) is 5.75. The van der Waals surface area contributed by atoms with Crippen LogP contribution in [0.4, 0.5) is 0 Å². The van der Waals surface area contributed by atoms with Gasteiger partial charge in [0.15, 0.2) is 11.5 Å². The molecule has 1 aliphatic carbocycles. The van der Waals surface area contributed by atoms with Crippen LogP contribution in [0.1, 0.15) is 55.0 Å². The van der Waals surface area contributed by atoms with E-state index in [1.807, 2.05) is 36.4 Å². The van der Waals surface area contributed by atoms with Gasteiger partial charge in [-0.1, -0.05) is 70.5 Å². The van der Waals surface area contributed by atoms with Gasteiger partial charge in [-0.2, -0.15) is 9.78 Å². The Morgan fingerprint density at radius 2 is 1.92 bits per heavy atom. The predicted molar refractivity (Wildman–Crippen MR) is 156 cm³/mol. The normalized spacial score (nSPS) is 14.3. The number of aromatic nitrogens is 2. The second-order valence-electron chi connectivity index (χ2n) is 9.23. The maximum Gasteiger partial charge on any atom is 0.282 e. The highest BCUT2D eigenvalue weighted by atomic mass is 79.9. The Morgan fingerprint density at radius 3 is 2.68 bits per heavy atom. The van der Waals surface area contributed by atoms with Crippen LogP contribution in [0.5, 0.6) is 11.5 Å². The van der Waals surface area contributed by atoms with E-state index in [4.69, 9.17) is 37.7 Å². The fourth-order valence-electron chi connectivity index (χ4n) is 4.76. The van der Waals surface area contributed by atoms with E-state index in [0.29, 0.717) is 43.8 Å². The molecule has 0 amide bonds. The van der Waals surface area contributed by atoms with Gasteiger partial charge in [0.1, 0.15) is 12.4 Å². The molecule has 1 saturated carbocycles. The van der Waals surface area contributed by atoms with E-state index in [1.54, 1.807) is 31.5 Å². The summed E-state index contributed by atoms with van der Waals surface area (Å²) < 4.78 is 14.0. The highest BCUT2D eigenvalue weighted by Gasteiger charge is 2.23. The average Bonchev–Trinajstić information content (AvgIpc) is 2.93. The Labute approximate surface area is 239 Å². The van der Waals surface area contributed by atoms with Gasteiger partial charge in [0.2, 0.25) is 0 Å². The van der Waals surface area contributed by atoms with Crippen LogP contribution in [0.25, 0.3) is 10.9 Å². The van der Waals surface area contributed by atoms with Crippen molar-refractivity contribution < 1.29 is 9.47 Å². The number of benzene rings is 3. The topological polar surface area (TPSA) is 65.7 Å². The van der Waals surface area contributed by atoms with Crippen molar-refractivity contribution in [1.29, 1.82) is 0 Å². The molecule has 9 heteroatoms. The summed E-state index contributed by atoms with van der Waals surface area (Å²) in [4.78, 5) is 18.6. The van der Waals surface area contributed by atoms with Crippen LogP contribution in [0.3, 0.4) is 0 Å². The molecule has 1 heterocycles. The minimum atomic E-state index is -0.202. The highest BCUT2D eigenvalue weighted by molar-refractivity contribution is 9.10. The number of ether oxygens (including phenoxy) is 2. The summed E-state index contributed by atoms with van der Waals surface area (Å²) in [6.07, 6.45) is 7.03. The van der Waals surface area contributed by atoms with Crippen LogP contribution in [0, 0.1) is 0 Å². The van der Waals surface area contributed by atoms with Crippen molar-refractivity contribution in [3.05, 3.63) is 96.4 Å². The minimum Gasteiger partial charge on any atom is -0.493 e. The van der Waals surface area contributed by atoms with Gasteiger partial charge in [0, 0.05) is 31.6 Å². The molecular weight excluding hydrogens is 589 g/mol. The summed E-state index contributed by atoms with van der Waals surface area (Å²) in [5, 5.41) is 6.25. The standard InChI is InChI=1S/C29H26BrCl2N3O3/c1-37-26-9-5-8-19(27(26)38-17-20-10-12-22(31)15-24(20)32)16-33-35-28(18-6-3-2-4-7-18)34-25-13-11-21(30)14-23(25)29(35)36/h5,8-16,18H,2-4,6-7,17H2,1H3. The number of hydrogen-bond acceptors (Lipinski definition) is 5. The minimum absolute atomic E-state index is 0.176. The van der Waals surface area contributed by atoms with Gasteiger partial charge in [-0.3, -0.25) is 4.79 Å². The first kappa shape index (κ1) is 26.7. The average molecular weight is 615 g/mol. The van der Waals surface area contributed by atoms with E-state index in [2.05, 4.69) is 21.0 Å². The summed E-state index contributed by atoms with van der Waals surface area (Å²) in [6, 6.07) is 16.4. The summed E-state index contributed by atoms with van der Waals surface area (Å²) in [7, 11) is 1.58. The van der Waals surface area contributed by atoms with E-state index < -0.39 is 0 Å². The molecule has 1 aromatic heterocycles. The molecule has 4 aromatic rings. The Morgan fingerprint density at radius 1 is 1.11 bits per heavy atom. The number of fused-ring (bicyclic) bond motifs is 1. The van der Waals surface area contributed by atoms with Crippen molar-refractivity contribution in [3.8, 4) is 11.5 Å². The summed E-state index contributed by atoms with van der Waals surface area (Å²) in [6.45, 7) is 0.204. The molecule has 5 rings (SSSR count). The van der Waals surface area contributed by atoms with E-state index in [-0.39, 0.29) is 18.1 Å². The fraction of sp³-hybridized carbons (Fsp3) is 0.276. The van der Waals surface area contributed by atoms with E-state index in [9.17, 15) is 4.79 Å². The number of para-hydroxylation sites is 1. The largest absolute Gasteiger partial charge is 0.493 e. The van der Waals surface area contributed by atoms with E-state index >= 15 is 0 Å². The molecule has 0 saturated heterocycles. The van der Waals surface area contributed by atoms with Gasteiger partial charge in [0.05, 0.1) is 24.2 Å². The molecule has 6 nitrogen and oxygen atoms in total. The number of nitrogens with zero attached hydrogens (tertiary/aromatic N) is 3. The van der Waals surface area contributed by atoms with Crippen LogP contribution in [-0.4, -0.2) is 23.0 Å². The number of halogens is 3. The first-order chi connectivity index (χ1) is 18.4. The number of hydrogen-bond donors (Lipinski definition) is 0. The number of rotatable bonds is 7. The Balaban J connectivity index is 1.55. The van der Waals surface area contributed by atoms with Crippen LogP contribution >= 0.6 is 39.1 Å². The lowest BCUT2D eigenvalue weighted by Gasteiger charge is -2.22. The molecule has 0 aliphatic heterocycles. The van der Waals surface area contributed by atoms with Gasteiger partial charge < -0.3 is 9.47 Å². The maximum absolute atomic E-state index is 13.7. The Bertz CT molecular complexity index is 1570. The first-order valence-electron chi connectivity index (χ1n) is 12.4. The van der Waals surface area contributed by atoms with Crippen molar-refractivity contribution in [3.63, 3.8) is 0 Å². The molecule has 3 aromatic carbocycles. The molecule has 1 fully saturated rings. The Hall–Kier alpha value is -2.87. The second kappa shape index (κ2) is 11.9. The van der Waals surface area contributed by atoms with Crippen molar-refractivity contribution in [1.82, 2.24) is 9.66 Å². The Kier molecular flexibility index (Phi) is 8.36. The molecule has 0 unspecified atom stereocenters. The molecule has 0 N–H and O–H groups in total. The molecule has 38 heavy (non-hydrogen) atoms. The first-order valence-corrected chi connectivity index (χ1v) is 14.0. The highest BCUT2D eigenvalue weighted by Crippen LogP contribution is 2.34. The predicted octanol–water partition coefficient (Wildman–Crippen LogP) is 7.98. The fourth-order valence-corrected chi connectivity index (χ4v) is 5.58. The zero-order valence-electron chi connectivity index (χ0n) is 20.8. The molecule has 0 bridgehead atoms. The van der Waals surface area contributed by atoms with Crippen LogP contribution in [0.2, 0.25) is 10.0 Å². The van der Waals surface area contributed by atoms with Crippen molar-refractivity contribution >= 4 is 56.2 Å². The summed E-state index contributed by atoms with van der Waals surface area (Å²) in [5.74, 6) is 1.90. The van der Waals surface area contributed by atoms with Gasteiger partial charge in [-0.25, -0.2) is 4.98 Å². The third-order valence-electron chi connectivity index (χ3n) is 6.73. The SMILES string of the molecule is COc1cccc(C=Nn2c(C3CCCCC3)nc3ccc(Br)cc3c2=O)c1OCc1ccc(Cl)cc1Cl. The van der Waals surface area contributed by atoms with Gasteiger partial charge >= 0.3 is 0 Å². The molecular formula is C29H26BrCl2N3O3. The van der Waals surface area contributed by atoms with Gasteiger partial charge in [-0.15, -0.1) is 0 Å². The summed E-state index contributed by atoms with van der Waals surface area (Å²) >= 11 is 15.9. The second-order valence-corrected chi connectivity index (χ2v) is 11.0. The molecule has 0 spiro atoms. The molecule has 1 aliphatic rings. The zero-order valence-corrected chi connectivity index (χ0v) is 23.9. The van der Waals surface area contributed by atoms with Crippen LogP contribution in [0.15, 0.2) is 69.0 Å². The lowest BCUT2D eigenvalue weighted by Crippen LogP contribution is -2.25. The van der Waals surface area contributed by atoms with Crippen molar-refractivity contribution in [2.75, 3.05) is 7.11 Å². The summed E-state index contributed by atoms with van der Waals surface area (Å²) in [5.41, 5.74) is 1.91. The third-order valence-corrected chi connectivity index (χ3v) is 7.81. The molecule has 0 radical (unpaired) electrons. The van der Waals surface area contributed by atoms with Crippen molar-refractivity contribution in [2.24, 2.45) is 5.10 Å². The van der Waals surface area contributed by atoms with Crippen molar-refractivity contribution in [2.45, 2.75) is 44.6 Å². The van der Waals surface area contributed by atoms with E-state index in [0.717, 1.165) is 35.7 Å². The lowest BCUT2D eigenvalue weighted by molar-refractivity contribution is 0.284. The zero-order chi connectivity index (χ0) is 26.6. The van der Waals surface area contributed by atoms with Gasteiger partial charge in [-0.05, 0) is 55.3 Å². The number of methoxy groups -OCH3 is 1. The monoisotopic (exact) mass is 613 g/mol. The molecule has 196 valence electrons. The molecule has 0 atom stereocenters. The quantitative estimate of drug-likeness (QED) is 0.198.